The van der Waals surface area contributed by atoms with Crippen LogP contribution in [0, 0.1) is 11.3 Å². The van der Waals surface area contributed by atoms with E-state index < -0.39 is 17.3 Å². The summed E-state index contributed by atoms with van der Waals surface area (Å²) >= 11 is 0. The number of aliphatic hydroxyl groups is 1. The van der Waals surface area contributed by atoms with Crippen molar-refractivity contribution in [1.29, 1.82) is 0 Å². The number of carbonyl (C=O) groups excluding carboxylic acids is 2. The summed E-state index contributed by atoms with van der Waals surface area (Å²) in [5.41, 5.74) is -0.302. The first-order valence-corrected chi connectivity index (χ1v) is 7.64. The molecule has 0 fully saturated rings. The normalized spacial score (nSPS) is 20.2. The van der Waals surface area contributed by atoms with Crippen molar-refractivity contribution >= 4 is 17.5 Å². The van der Waals surface area contributed by atoms with Gasteiger partial charge >= 0.3 is 35.5 Å². The van der Waals surface area contributed by atoms with E-state index in [1.807, 2.05) is 6.92 Å². The minimum absolute atomic E-state index is 0. The monoisotopic (exact) mass is 346 g/mol. The molecule has 1 unspecified atom stereocenters. The summed E-state index contributed by atoms with van der Waals surface area (Å²) in [6, 6.07) is 0. The summed E-state index contributed by atoms with van der Waals surface area (Å²) < 4.78 is 4.79. The van der Waals surface area contributed by atoms with Crippen LogP contribution < -0.4 is 29.6 Å². The van der Waals surface area contributed by atoms with Crippen LogP contribution in [-0.4, -0.2) is 36.3 Å². The van der Waals surface area contributed by atoms with Crippen molar-refractivity contribution in [3.8, 4) is 0 Å². The number of ether oxygens (including phenoxy) is 1. The van der Waals surface area contributed by atoms with Crippen LogP contribution in [0.5, 0.6) is 0 Å². The Morgan fingerprint density at radius 3 is 2.62 bits per heavy atom. The van der Waals surface area contributed by atoms with Crippen LogP contribution in [0.25, 0.3) is 0 Å². The van der Waals surface area contributed by atoms with Crippen LogP contribution >= 0.6 is 0 Å². The number of allylic oxidation sites excluding steroid dienone is 1. The van der Waals surface area contributed by atoms with Gasteiger partial charge in [-0.15, -0.1) is 0 Å². The topological polar surface area (TPSA) is 85.2 Å². The maximum Gasteiger partial charge on any atom is 1.00 e. The average Bonchev–Trinajstić information content (AvgIpc) is 2.45. The Morgan fingerprint density at radius 1 is 1.50 bits per heavy atom. The Hall–Kier alpha value is -1.11. The van der Waals surface area contributed by atoms with Gasteiger partial charge in [0.25, 0.3) is 0 Å². The molecule has 0 amide bonds. The van der Waals surface area contributed by atoms with E-state index in [0.717, 1.165) is 0 Å². The Bertz CT molecular complexity index is 551. The molecule has 1 atom stereocenters. The van der Waals surface area contributed by atoms with Crippen molar-refractivity contribution in [2.45, 2.75) is 40.0 Å². The summed E-state index contributed by atoms with van der Waals surface area (Å²) in [5, 5.41) is 14.5. The first kappa shape index (κ1) is 22.9. The number of esters is 1. The number of aliphatic hydroxyl groups excluding tert-OH is 1. The Morgan fingerprint density at radius 2 is 2.12 bits per heavy atom. The number of oxime groups is 1. The summed E-state index contributed by atoms with van der Waals surface area (Å²) in [6.45, 7) is 9.16. The first-order chi connectivity index (χ1) is 10.8. The minimum Gasteiger partial charge on any atom is -0.511 e. The molecule has 0 saturated carbocycles. The molecule has 6 nitrogen and oxygen atoms in total. The zero-order valence-corrected chi connectivity index (χ0v) is 17.2. The maximum atomic E-state index is 12.5. The molecular formula is C17H25NNaO5+. The third kappa shape index (κ3) is 5.19. The van der Waals surface area contributed by atoms with E-state index in [1.54, 1.807) is 13.8 Å². The van der Waals surface area contributed by atoms with E-state index in [2.05, 4.69) is 11.7 Å². The van der Waals surface area contributed by atoms with Crippen molar-refractivity contribution in [2.24, 2.45) is 16.5 Å². The fourth-order valence-corrected chi connectivity index (χ4v) is 2.74. The molecule has 0 radical (unpaired) electrons. The number of ketones is 1. The molecule has 7 heteroatoms. The Balaban J connectivity index is 0.00000529. The second-order valence-electron chi connectivity index (χ2n) is 6.18. The van der Waals surface area contributed by atoms with Gasteiger partial charge in [-0.25, -0.2) is 0 Å². The number of hydrogen-bond acceptors (Lipinski definition) is 6. The van der Waals surface area contributed by atoms with Crippen molar-refractivity contribution in [3.05, 3.63) is 24.0 Å². The van der Waals surface area contributed by atoms with E-state index in [9.17, 15) is 14.7 Å². The van der Waals surface area contributed by atoms with Gasteiger partial charge in [-0.2, -0.15) is 0 Å². The third-order valence-electron chi connectivity index (χ3n) is 3.79. The van der Waals surface area contributed by atoms with Crippen molar-refractivity contribution < 1.29 is 53.8 Å². The summed E-state index contributed by atoms with van der Waals surface area (Å²) in [5.74, 6) is -2.00. The standard InChI is InChI=1S/C17H25NO5.Na/c1-6-8-11(18-23-9-7-2)13-12(19)10-17(3,4)14(15(13)20)16(21)22-5;/h7,14,20H,2,6,8-10H2,1,3-5H3;/q;+1/b18-11-;. The van der Waals surface area contributed by atoms with Gasteiger partial charge in [-0.3, -0.25) is 9.59 Å². The first-order valence-electron chi connectivity index (χ1n) is 7.64. The molecule has 0 spiro atoms. The minimum atomic E-state index is -0.901. The molecule has 0 saturated heterocycles. The average molecular weight is 346 g/mol. The smallest absolute Gasteiger partial charge is 0.511 e. The van der Waals surface area contributed by atoms with Gasteiger partial charge in [0, 0.05) is 6.42 Å². The molecule has 0 aromatic rings. The van der Waals surface area contributed by atoms with Crippen LogP contribution in [0.2, 0.25) is 0 Å². The molecule has 0 aliphatic heterocycles. The number of nitrogens with zero attached hydrogens (tertiary/aromatic N) is 1. The molecule has 1 N–H and O–H groups in total. The molecule has 1 aliphatic carbocycles. The molecule has 0 bridgehead atoms. The molecule has 128 valence electrons. The van der Waals surface area contributed by atoms with E-state index >= 15 is 0 Å². The largest absolute Gasteiger partial charge is 1.00 e. The number of Topliss-reactive ketones (excluding diaryl/α,β-unsaturated/α-hetero) is 1. The van der Waals surface area contributed by atoms with Crippen LogP contribution in [-0.2, 0) is 19.2 Å². The number of hydrogen-bond donors (Lipinski definition) is 1. The predicted molar refractivity (Wildman–Crippen MR) is 87.1 cm³/mol. The van der Waals surface area contributed by atoms with E-state index in [4.69, 9.17) is 9.57 Å². The summed E-state index contributed by atoms with van der Waals surface area (Å²) in [4.78, 5) is 29.7. The van der Waals surface area contributed by atoms with Gasteiger partial charge in [0.15, 0.2) is 5.78 Å². The molecule has 0 heterocycles. The van der Waals surface area contributed by atoms with Gasteiger partial charge in [-0.05, 0) is 11.8 Å². The van der Waals surface area contributed by atoms with Gasteiger partial charge < -0.3 is 14.7 Å². The molecule has 24 heavy (non-hydrogen) atoms. The second-order valence-corrected chi connectivity index (χ2v) is 6.18. The Labute approximate surface area is 165 Å². The van der Waals surface area contributed by atoms with Gasteiger partial charge in [0.05, 0.1) is 18.4 Å². The van der Waals surface area contributed by atoms with Crippen LogP contribution in [0.15, 0.2) is 29.1 Å². The number of rotatable bonds is 7. The third-order valence-corrected chi connectivity index (χ3v) is 3.79. The fraction of sp³-hybridized carbons (Fsp3) is 0.588. The zero-order chi connectivity index (χ0) is 17.6. The second kappa shape index (κ2) is 10.0. The van der Waals surface area contributed by atoms with Crippen LogP contribution in [0.3, 0.4) is 0 Å². The van der Waals surface area contributed by atoms with E-state index in [1.165, 1.54) is 13.2 Å². The fourth-order valence-electron chi connectivity index (χ4n) is 2.74. The van der Waals surface area contributed by atoms with E-state index in [-0.39, 0.29) is 59.7 Å². The number of methoxy groups -OCH3 is 1. The van der Waals surface area contributed by atoms with Crippen molar-refractivity contribution in [3.63, 3.8) is 0 Å². The molecule has 1 rings (SSSR count). The zero-order valence-electron chi connectivity index (χ0n) is 15.2. The van der Waals surface area contributed by atoms with Crippen LogP contribution in [0.1, 0.15) is 40.0 Å². The van der Waals surface area contributed by atoms with Crippen LogP contribution in [0.4, 0.5) is 0 Å². The maximum absolute atomic E-state index is 12.5. The number of carbonyl (C=O) groups is 2. The summed E-state index contributed by atoms with van der Waals surface area (Å²) in [6.07, 6.45) is 2.82. The molecule has 0 aromatic heterocycles. The predicted octanol–water partition coefficient (Wildman–Crippen LogP) is -0.0506. The van der Waals surface area contributed by atoms with E-state index in [0.29, 0.717) is 18.6 Å². The quantitative estimate of drug-likeness (QED) is 0.174. The molecule has 0 aromatic carbocycles. The SMILES string of the molecule is C=CCO/N=C(/CCC)C1=C(O)C(C(=O)OC)C(C)(C)CC1=O.[Na+]. The van der Waals surface area contributed by atoms with Gasteiger partial charge in [-0.1, -0.05) is 45.0 Å². The summed E-state index contributed by atoms with van der Waals surface area (Å²) in [7, 11) is 1.26. The van der Waals surface area contributed by atoms with Crippen molar-refractivity contribution in [1.82, 2.24) is 0 Å². The molecule has 1 aliphatic rings. The molecular weight excluding hydrogens is 321 g/mol. The van der Waals surface area contributed by atoms with Gasteiger partial charge in [0.2, 0.25) is 0 Å². The van der Waals surface area contributed by atoms with Gasteiger partial charge in [0.1, 0.15) is 18.3 Å². The van der Waals surface area contributed by atoms with Crippen molar-refractivity contribution in [2.75, 3.05) is 13.7 Å². The Kier molecular flexibility index (Phi) is 9.55.